The van der Waals surface area contributed by atoms with E-state index in [2.05, 4.69) is 5.32 Å². The molecule has 4 nitrogen and oxygen atoms in total. The standard InChI is InChI=1S/C26H22N2O2S2/c29-24(27-22-15-7-13-20-12-4-5-14-21(20)22)17-8-18-28-25(30)23(32-26(28)31)16-6-11-19-9-2-1-3-10-19/h1-7,9-16H,8,17-18H2,(H,27,29)/b11-6+,23-16-. The van der Waals surface area contributed by atoms with Crippen LogP contribution in [0.4, 0.5) is 5.69 Å². The van der Waals surface area contributed by atoms with E-state index in [-0.39, 0.29) is 11.8 Å². The van der Waals surface area contributed by atoms with Gasteiger partial charge in [0.1, 0.15) is 4.32 Å². The first-order valence-electron chi connectivity index (χ1n) is 10.4. The zero-order valence-electron chi connectivity index (χ0n) is 17.4. The van der Waals surface area contributed by atoms with Gasteiger partial charge < -0.3 is 5.32 Å². The highest BCUT2D eigenvalue weighted by Gasteiger charge is 2.31. The highest BCUT2D eigenvalue weighted by atomic mass is 32.2. The van der Waals surface area contributed by atoms with Crippen molar-refractivity contribution < 1.29 is 9.59 Å². The number of allylic oxidation sites excluding steroid dienone is 2. The summed E-state index contributed by atoms with van der Waals surface area (Å²) >= 11 is 6.67. The molecule has 1 heterocycles. The van der Waals surface area contributed by atoms with Gasteiger partial charge in [-0.3, -0.25) is 14.5 Å². The minimum Gasteiger partial charge on any atom is -0.326 e. The number of thiocarbonyl (C=S) groups is 1. The van der Waals surface area contributed by atoms with Crippen LogP contribution in [0.25, 0.3) is 16.8 Å². The maximum atomic E-state index is 12.7. The molecule has 1 saturated heterocycles. The molecule has 6 heteroatoms. The van der Waals surface area contributed by atoms with Crippen LogP contribution in [0.2, 0.25) is 0 Å². The third-order valence-corrected chi connectivity index (χ3v) is 6.45. The number of hydrogen-bond donors (Lipinski definition) is 1. The summed E-state index contributed by atoms with van der Waals surface area (Å²) in [5.74, 6) is -0.180. The van der Waals surface area contributed by atoms with Gasteiger partial charge in [0.2, 0.25) is 5.91 Å². The summed E-state index contributed by atoms with van der Waals surface area (Å²) in [4.78, 5) is 27.3. The Kier molecular flexibility index (Phi) is 7.14. The molecular weight excluding hydrogens is 436 g/mol. The minimum absolute atomic E-state index is 0.0758. The van der Waals surface area contributed by atoms with Crippen molar-refractivity contribution in [3.05, 3.63) is 95.4 Å². The Balaban J connectivity index is 1.30. The normalized spacial score (nSPS) is 15.2. The fourth-order valence-electron chi connectivity index (χ4n) is 3.46. The lowest BCUT2D eigenvalue weighted by Crippen LogP contribution is -2.29. The topological polar surface area (TPSA) is 49.4 Å². The highest BCUT2D eigenvalue weighted by Crippen LogP contribution is 2.31. The summed E-state index contributed by atoms with van der Waals surface area (Å²) in [6, 6.07) is 23.7. The monoisotopic (exact) mass is 458 g/mol. The Bertz CT molecular complexity index is 1210. The van der Waals surface area contributed by atoms with E-state index in [0.29, 0.717) is 28.6 Å². The zero-order valence-corrected chi connectivity index (χ0v) is 19.0. The third-order valence-electron chi connectivity index (χ3n) is 5.06. The number of benzene rings is 3. The molecular formula is C26H22N2O2S2. The fraction of sp³-hybridized carbons (Fsp3) is 0.115. The second kappa shape index (κ2) is 10.4. The lowest BCUT2D eigenvalue weighted by atomic mass is 10.1. The van der Waals surface area contributed by atoms with E-state index in [1.807, 2.05) is 84.9 Å². The SMILES string of the molecule is O=C(CCCN1C(=O)/C(=C/C=C/c2ccccc2)SC1=S)Nc1cccc2ccccc12. The molecule has 1 aliphatic rings. The Hall–Kier alpha value is -3.22. The fourth-order valence-corrected chi connectivity index (χ4v) is 4.72. The maximum absolute atomic E-state index is 12.7. The number of nitrogens with one attached hydrogen (secondary N) is 1. The molecule has 0 aromatic heterocycles. The molecule has 0 saturated carbocycles. The number of nitrogens with zero attached hydrogens (tertiary/aromatic N) is 1. The summed E-state index contributed by atoms with van der Waals surface area (Å²) in [5.41, 5.74) is 1.86. The average Bonchev–Trinajstić information content (AvgIpc) is 3.07. The van der Waals surface area contributed by atoms with Gasteiger partial charge in [-0.25, -0.2) is 0 Å². The number of carbonyl (C=O) groups excluding carboxylic acids is 2. The number of hydrogen-bond acceptors (Lipinski definition) is 4. The van der Waals surface area contributed by atoms with Gasteiger partial charge in [-0.2, -0.15) is 0 Å². The minimum atomic E-state index is -0.104. The molecule has 32 heavy (non-hydrogen) atoms. The van der Waals surface area contributed by atoms with Crippen LogP contribution >= 0.6 is 24.0 Å². The van der Waals surface area contributed by atoms with Crippen molar-refractivity contribution in [2.45, 2.75) is 12.8 Å². The van der Waals surface area contributed by atoms with Crippen LogP contribution in [0.15, 0.2) is 89.9 Å². The van der Waals surface area contributed by atoms with E-state index >= 15 is 0 Å². The van der Waals surface area contributed by atoms with Crippen LogP contribution in [0.1, 0.15) is 18.4 Å². The molecule has 0 unspecified atom stereocenters. The zero-order chi connectivity index (χ0) is 22.3. The molecule has 1 N–H and O–H groups in total. The first kappa shape index (κ1) is 22.0. The molecule has 1 aliphatic heterocycles. The molecule has 1 fully saturated rings. The lowest BCUT2D eigenvalue weighted by Gasteiger charge is -2.14. The largest absolute Gasteiger partial charge is 0.326 e. The van der Waals surface area contributed by atoms with Crippen molar-refractivity contribution in [2.75, 3.05) is 11.9 Å². The molecule has 0 atom stereocenters. The van der Waals surface area contributed by atoms with Crippen molar-refractivity contribution in [2.24, 2.45) is 0 Å². The highest BCUT2D eigenvalue weighted by molar-refractivity contribution is 8.26. The Morgan fingerprint density at radius 2 is 1.75 bits per heavy atom. The molecule has 3 aromatic rings. The second-order valence-electron chi connectivity index (χ2n) is 7.30. The van der Waals surface area contributed by atoms with Crippen LogP contribution in [-0.4, -0.2) is 27.6 Å². The average molecular weight is 459 g/mol. The van der Waals surface area contributed by atoms with Gasteiger partial charge in [0.05, 0.1) is 4.91 Å². The molecule has 0 bridgehead atoms. The van der Waals surface area contributed by atoms with E-state index in [4.69, 9.17) is 12.2 Å². The van der Waals surface area contributed by atoms with Gasteiger partial charge in [0.25, 0.3) is 5.91 Å². The predicted octanol–water partition coefficient (Wildman–Crippen LogP) is 6.02. The van der Waals surface area contributed by atoms with Gasteiger partial charge >= 0.3 is 0 Å². The summed E-state index contributed by atoms with van der Waals surface area (Å²) in [6.07, 6.45) is 6.45. The lowest BCUT2D eigenvalue weighted by molar-refractivity contribution is -0.122. The summed E-state index contributed by atoms with van der Waals surface area (Å²) in [6.45, 7) is 0.424. The molecule has 2 amide bonds. The smallest absolute Gasteiger partial charge is 0.266 e. The van der Waals surface area contributed by atoms with Crippen molar-refractivity contribution in [1.29, 1.82) is 0 Å². The van der Waals surface area contributed by atoms with Crippen molar-refractivity contribution in [3.63, 3.8) is 0 Å². The first-order valence-corrected chi connectivity index (χ1v) is 11.6. The molecule has 4 rings (SSSR count). The Morgan fingerprint density at radius 1 is 1.00 bits per heavy atom. The van der Waals surface area contributed by atoms with E-state index in [1.54, 1.807) is 11.0 Å². The number of anilines is 1. The van der Waals surface area contributed by atoms with E-state index in [9.17, 15) is 9.59 Å². The first-order chi connectivity index (χ1) is 15.6. The van der Waals surface area contributed by atoms with Gasteiger partial charge in [-0.1, -0.05) is 103 Å². The second-order valence-corrected chi connectivity index (χ2v) is 8.98. The van der Waals surface area contributed by atoms with E-state index in [0.717, 1.165) is 22.0 Å². The number of thioether (sulfide) groups is 1. The number of amides is 2. The molecule has 0 spiro atoms. The van der Waals surface area contributed by atoms with Gasteiger partial charge in [0.15, 0.2) is 0 Å². The van der Waals surface area contributed by atoms with E-state index in [1.165, 1.54) is 11.8 Å². The van der Waals surface area contributed by atoms with E-state index < -0.39 is 0 Å². The van der Waals surface area contributed by atoms with Gasteiger partial charge in [-0.15, -0.1) is 0 Å². The Morgan fingerprint density at radius 3 is 2.59 bits per heavy atom. The molecule has 3 aromatic carbocycles. The number of rotatable bonds is 7. The van der Waals surface area contributed by atoms with Crippen LogP contribution in [0, 0.1) is 0 Å². The number of carbonyl (C=O) groups is 2. The summed E-state index contributed by atoms with van der Waals surface area (Å²) in [5, 5.41) is 5.07. The van der Waals surface area contributed by atoms with Crippen LogP contribution in [-0.2, 0) is 9.59 Å². The molecule has 0 radical (unpaired) electrons. The van der Waals surface area contributed by atoms with Gasteiger partial charge in [-0.05, 0) is 29.5 Å². The maximum Gasteiger partial charge on any atom is 0.266 e. The molecule has 0 aliphatic carbocycles. The summed E-state index contributed by atoms with van der Waals surface area (Å²) < 4.78 is 0.531. The van der Waals surface area contributed by atoms with Crippen LogP contribution in [0.3, 0.4) is 0 Å². The van der Waals surface area contributed by atoms with Crippen LogP contribution in [0.5, 0.6) is 0 Å². The van der Waals surface area contributed by atoms with Gasteiger partial charge in [0, 0.05) is 24.0 Å². The van der Waals surface area contributed by atoms with Crippen molar-refractivity contribution >= 4 is 62.7 Å². The third kappa shape index (κ3) is 5.33. The Labute approximate surface area is 197 Å². The predicted molar refractivity (Wildman–Crippen MR) is 137 cm³/mol. The van der Waals surface area contributed by atoms with Crippen LogP contribution < -0.4 is 5.32 Å². The molecule has 160 valence electrons. The van der Waals surface area contributed by atoms with Crippen molar-refractivity contribution in [1.82, 2.24) is 4.90 Å². The summed E-state index contributed by atoms with van der Waals surface area (Å²) in [7, 11) is 0. The quantitative estimate of drug-likeness (QED) is 0.348. The number of fused-ring (bicyclic) bond motifs is 1. The van der Waals surface area contributed by atoms with Crippen molar-refractivity contribution in [3.8, 4) is 0 Å².